The summed E-state index contributed by atoms with van der Waals surface area (Å²) in [5, 5.41) is 10.2. The maximum Gasteiger partial charge on any atom is 0.191 e. The van der Waals surface area contributed by atoms with E-state index in [9.17, 15) is 0 Å². The molecule has 114 valence electrons. The lowest BCUT2D eigenvalue weighted by atomic mass is 10.2. The van der Waals surface area contributed by atoms with Crippen LogP contribution >= 0.6 is 24.0 Å². The largest absolute Gasteiger partial charge is 0.496 e. The summed E-state index contributed by atoms with van der Waals surface area (Å²) in [4.78, 5) is 4.15. The summed E-state index contributed by atoms with van der Waals surface area (Å²) in [6.45, 7) is 1.19. The van der Waals surface area contributed by atoms with Gasteiger partial charge in [-0.1, -0.05) is 23.4 Å². The summed E-state index contributed by atoms with van der Waals surface area (Å²) >= 11 is 0. The molecule has 0 unspecified atom stereocenters. The molecule has 7 heteroatoms. The van der Waals surface area contributed by atoms with Crippen molar-refractivity contribution in [2.75, 3.05) is 14.2 Å². The Hall–Kier alpha value is -1.77. The third-order valence-electron chi connectivity index (χ3n) is 2.79. The van der Waals surface area contributed by atoms with E-state index < -0.39 is 0 Å². The molecule has 0 fully saturated rings. The molecule has 0 bridgehead atoms. The number of hydrogen-bond acceptors (Lipinski definition) is 4. The Morgan fingerprint density at radius 3 is 2.67 bits per heavy atom. The molecule has 0 aliphatic rings. The van der Waals surface area contributed by atoms with Crippen LogP contribution < -0.4 is 15.4 Å². The van der Waals surface area contributed by atoms with E-state index in [1.807, 2.05) is 24.3 Å². The highest BCUT2D eigenvalue weighted by molar-refractivity contribution is 14.0. The Morgan fingerprint density at radius 2 is 2.00 bits per heavy atom. The van der Waals surface area contributed by atoms with Gasteiger partial charge in [0.2, 0.25) is 0 Å². The van der Waals surface area contributed by atoms with E-state index in [2.05, 4.69) is 20.8 Å². The minimum absolute atomic E-state index is 0. The van der Waals surface area contributed by atoms with Crippen molar-refractivity contribution in [2.45, 2.75) is 13.1 Å². The SMILES string of the molecule is CN=C(NCc1ccon1)NCc1ccccc1OC.I. The first-order valence-electron chi connectivity index (χ1n) is 6.29. The monoisotopic (exact) mass is 402 g/mol. The molecule has 0 atom stereocenters. The molecule has 0 radical (unpaired) electrons. The number of nitrogens with one attached hydrogen (secondary N) is 2. The molecule has 2 aromatic rings. The quantitative estimate of drug-likeness (QED) is 0.456. The zero-order chi connectivity index (χ0) is 14.2. The molecular weight excluding hydrogens is 383 g/mol. The topological polar surface area (TPSA) is 71.7 Å². The van der Waals surface area contributed by atoms with E-state index in [4.69, 9.17) is 9.26 Å². The standard InChI is InChI=1S/C14H18N4O2.HI/c1-15-14(17-10-12-7-8-20-18-12)16-9-11-5-3-4-6-13(11)19-2;/h3-8H,9-10H2,1-2H3,(H2,15,16,17);1H. The fourth-order valence-corrected chi connectivity index (χ4v) is 1.75. The van der Waals surface area contributed by atoms with Gasteiger partial charge in [0.15, 0.2) is 5.96 Å². The average Bonchev–Trinajstić information content (AvgIpc) is 3.01. The van der Waals surface area contributed by atoms with E-state index in [-0.39, 0.29) is 24.0 Å². The fraction of sp³-hybridized carbons (Fsp3) is 0.286. The second-order valence-electron chi connectivity index (χ2n) is 4.08. The van der Waals surface area contributed by atoms with Crippen LogP contribution in [0.25, 0.3) is 0 Å². The van der Waals surface area contributed by atoms with Gasteiger partial charge >= 0.3 is 0 Å². The molecule has 2 rings (SSSR count). The number of methoxy groups -OCH3 is 1. The van der Waals surface area contributed by atoms with Crippen molar-refractivity contribution in [2.24, 2.45) is 4.99 Å². The van der Waals surface area contributed by atoms with Gasteiger partial charge in [-0.3, -0.25) is 4.99 Å². The molecule has 21 heavy (non-hydrogen) atoms. The van der Waals surface area contributed by atoms with E-state index in [0.29, 0.717) is 19.0 Å². The van der Waals surface area contributed by atoms with Gasteiger partial charge in [0.25, 0.3) is 0 Å². The Balaban J connectivity index is 0.00000220. The summed E-state index contributed by atoms with van der Waals surface area (Å²) < 4.78 is 10.1. The molecule has 0 saturated carbocycles. The number of para-hydroxylation sites is 1. The first-order chi connectivity index (χ1) is 9.83. The highest BCUT2D eigenvalue weighted by atomic mass is 127. The molecule has 0 aliphatic heterocycles. The second kappa shape index (κ2) is 9.22. The Bertz CT molecular complexity index is 558. The zero-order valence-electron chi connectivity index (χ0n) is 12.0. The lowest BCUT2D eigenvalue weighted by molar-refractivity contribution is 0.408. The zero-order valence-corrected chi connectivity index (χ0v) is 14.3. The van der Waals surface area contributed by atoms with Crippen LogP contribution in [0.15, 0.2) is 46.1 Å². The summed E-state index contributed by atoms with van der Waals surface area (Å²) in [5.74, 6) is 1.55. The molecule has 0 spiro atoms. The highest BCUT2D eigenvalue weighted by Crippen LogP contribution is 2.16. The molecule has 0 amide bonds. The van der Waals surface area contributed by atoms with Gasteiger partial charge in [0, 0.05) is 25.2 Å². The Kier molecular flexibility index (Phi) is 7.59. The molecule has 1 aromatic carbocycles. The lowest BCUT2D eigenvalue weighted by Crippen LogP contribution is -2.36. The van der Waals surface area contributed by atoms with Gasteiger partial charge in [0.05, 0.1) is 13.7 Å². The van der Waals surface area contributed by atoms with Crippen molar-refractivity contribution in [3.8, 4) is 5.75 Å². The fourth-order valence-electron chi connectivity index (χ4n) is 1.75. The van der Waals surface area contributed by atoms with Crippen LogP contribution in [-0.2, 0) is 13.1 Å². The van der Waals surface area contributed by atoms with Crippen LogP contribution in [0.1, 0.15) is 11.3 Å². The predicted octanol–water partition coefficient (Wildman–Crippen LogP) is 2.17. The highest BCUT2D eigenvalue weighted by Gasteiger charge is 2.04. The van der Waals surface area contributed by atoms with Gasteiger partial charge in [-0.2, -0.15) is 0 Å². The number of halogens is 1. The summed E-state index contributed by atoms with van der Waals surface area (Å²) in [6, 6.07) is 9.67. The number of ether oxygens (including phenoxy) is 1. The molecule has 1 heterocycles. The maximum atomic E-state index is 5.31. The summed E-state index contributed by atoms with van der Waals surface area (Å²) in [7, 11) is 3.39. The molecule has 1 aromatic heterocycles. The van der Waals surface area contributed by atoms with Crippen molar-refractivity contribution >= 4 is 29.9 Å². The first-order valence-corrected chi connectivity index (χ1v) is 6.29. The number of hydrogen-bond donors (Lipinski definition) is 2. The number of rotatable bonds is 5. The summed E-state index contributed by atoms with van der Waals surface area (Å²) in [5.41, 5.74) is 1.89. The number of aromatic nitrogens is 1. The van der Waals surface area contributed by atoms with Gasteiger partial charge in [-0.05, 0) is 6.07 Å². The number of nitrogens with zero attached hydrogens (tertiary/aromatic N) is 2. The minimum atomic E-state index is 0. The van der Waals surface area contributed by atoms with Gasteiger partial charge in [0.1, 0.15) is 17.7 Å². The molecule has 2 N–H and O–H groups in total. The number of guanidine groups is 1. The van der Waals surface area contributed by atoms with Gasteiger partial charge in [-0.15, -0.1) is 24.0 Å². The van der Waals surface area contributed by atoms with Crippen LogP contribution in [0.2, 0.25) is 0 Å². The molecular formula is C14H19IN4O2. The van der Waals surface area contributed by atoms with Crippen LogP contribution in [0.5, 0.6) is 5.75 Å². The van der Waals surface area contributed by atoms with Gasteiger partial charge < -0.3 is 19.9 Å². The van der Waals surface area contributed by atoms with Crippen molar-refractivity contribution in [1.29, 1.82) is 0 Å². The number of aliphatic imine (C=N–C) groups is 1. The second-order valence-corrected chi connectivity index (χ2v) is 4.08. The number of benzene rings is 1. The maximum absolute atomic E-state index is 5.31. The van der Waals surface area contributed by atoms with E-state index in [1.54, 1.807) is 26.5 Å². The Morgan fingerprint density at radius 1 is 1.24 bits per heavy atom. The smallest absolute Gasteiger partial charge is 0.191 e. The summed E-state index contributed by atoms with van der Waals surface area (Å²) in [6.07, 6.45) is 1.54. The predicted molar refractivity (Wildman–Crippen MR) is 92.0 cm³/mol. The third kappa shape index (κ3) is 5.25. The van der Waals surface area contributed by atoms with Crippen LogP contribution in [0, 0.1) is 0 Å². The molecule has 0 aliphatic carbocycles. The van der Waals surface area contributed by atoms with E-state index in [0.717, 1.165) is 17.0 Å². The third-order valence-corrected chi connectivity index (χ3v) is 2.79. The molecule has 0 saturated heterocycles. The Labute approximate surface area is 141 Å². The normalized spacial score (nSPS) is 10.7. The van der Waals surface area contributed by atoms with Crippen LogP contribution in [-0.4, -0.2) is 25.3 Å². The average molecular weight is 402 g/mol. The van der Waals surface area contributed by atoms with Crippen LogP contribution in [0.4, 0.5) is 0 Å². The van der Waals surface area contributed by atoms with Crippen molar-refractivity contribution in [3.63, 3.8) is 0 Å². The van der Waals surface area contributed by atoms with Crippen molar-refractivity contribution in [1.82, 2.24) is 15.8 Å². The minimum Gasteiger partial charge on any atom is -0.496 e. The van der Waals surface area contributed by atoms with Crippen LogP contribution in [0.3, 0.4) is 0 Å². The lowest BCUT2D eigenvalue weighted by Gasteiger charge is -2.12. The first kappa shape index (κ1) is 17.3. The van der Waals surface area contributed by atoms with Gasteiger partial charge in [-0.25, -0.2) is 0 Å². The van der Waals surface area contributed by atoms with Crippen molar-refractivity contribution in [3.05, 3.63) is 47.9 Å². The van der Waals surface area contributed by atoms with Crippen molar-refractivity contribution < 1.29 is 9.26 Å². The van der Waals surface area contributed by atoms with E-state index >= 15 is 0 Å². The van der Waals surface area contributed by atoms with E-state index in [1.165, 1.54) is 0 Å². The molecule has 6 nitrogen and oxygen atoms in total.